The molecule has 0 spiro atoms. The molecule has 2 heterocycles. The highest BCUT2D eigenvalue weighted by atomic mass is 79.9. The second-order valence-corrected chi connectivity index (χ2v) is 5.99. The largest absolute Gasteiger partial charge is 0.396 e. The molecule has 1 amide bonds. The Morgan fingerprint density at radius 1 is 1.33 bits per heavy atom. The Labute approximate surface area is 131 Å². The van der Waals surface area contributed by atoms with E-state index in [0.717, 1.165) is 11.3 Å². The molecule has 3 aromatic rings. The molecule has 8 heteroatoms. The molecule has 0 fully saturated rings. The lowest BCUT2D eigenvalue weighted by Gasteiger charge is -2.05. The van der Waals surface area contributed by atoms with Gasteiger partial charge in [-0.15, -0.1) is 11.3 Å². The highest BCUT2D eigenvalue weighted by molar-refractivity contribution is 9.10. The zero-order chi connectivity index (χ0) is 15.0. The zero-order valence-corrected chi connectivity index (χ0v) is 12.8. The topological polar surface area (TPSA) is 80.9 Å². The summed E-state index contributed by atoms with van der Waals surface area (Å²) >= 11 is 4.23. The van der Waals surface area contributed by atoms with E-state index >= 15 is 0 Å². The van der Waals surface area contributed by atoms with Crippen molar-refractivity contribution in [1.29, 1.82) is 0 Å². The highest BCUT2D eigenvalue weighted by Crippen LogP contribution is 2.31. The van der Waals surface area contributed by atoms with Gasteiger partial charge in [-0.3, -0.25) is 4.79 Å². The number of carbonyl (C=O) groups is 1. The summed E-state index contributed by atoms with van der Waals surface area (Å²) in [7, 11) is 0. The van der Waals surface area contributed by atoms with Gasteiger partial charge in [0.15, 0.2) is 0 Å². The minimum Gasteiger partial charge on any atom is -0.396 e. The first-order valence-corrected chi connectivity index (χ1v) is 7.42. The number of carbonyl (C=O) groups excluding carboxylic acids is 1. The molecule has 0 unspecified atom stereocenters. The third kappa shape index (κ3) is 2.59. The van der Waals surface area contributed by atoms with Crippen molar-refractivity contribution in [2.75, 3.05) is 11.1 Å². The third-order valence-corrected chi connectivity index (χ3v) is 4.46. The normalized spacial score (nSPS) is 10.8. The van der Waals surface area contributed by atoms with Crippen molar-refractivity contribution in [2.45, 2.75) is 0 Å². The van der Waals surface area contributed by atoms with Crippen LogP contribution in [0.4, 0.5) is 15.8 Å². The van der Waals surface area contributed by atoms with E-state index in [4.69, 9.17) is 5.73 Å². The van der Waals surface area contributed by atoms with Crippen molar-refractivity contribution in [2.24, 2.45) is 0 Å². The fourth-order valence-electron chi connectivity index (χ4n) is 1.77. The second kappa shape index (κ2) is 5.38. The molecule has 0 aliphatic heterocycles. The number of aromatic nitrogens is 2. The SMILES string of the molecule is Nc1c(C(=O)Nc2ccc(F)c(Br)c2)sc2nccnc12. The summed E-state index contributed by atoms with van der Waals surface area (Å²) in [6, 6.07) is 4.21. The van der Waals surface area contributed by atoms with E-state index in [0.29, 0.717) is 26.6 Å². The smallest absolute Gasteiger partial charge is 0.268 e. The number of nitrogens with zero attached hydrogens (tertiary/aromatic N) is 2. The number of nitrogen functional groups attached to an aromatic ring is 1. The number of thiophene rings is 1. The van der Waals surface area contributed by atoms with Crippen molar-refractivity contribution in [3.8, 4) is 0 Å². The van der Waals surface area contributed by atoms with Crippen LogP contribution in [0.2, 0.25) is 0 Å². The molecular formula is C13H8BrFN4OS. The van der Waals surface area contributed by atoms with Crippen LogP contribution < -0.4 is 11.1 Å². The maximum Gasteiger partial charge on any atom is 0.268 e. The predicted molar refractivity (Wildman–Crippen MR) is 83.9 cm³/mol. The number of rotatable bonds is 2. The van der Waals surface area contributed by atoms with Crippen molar-refractivity contribution >= 4 is 54.9 Å². The van der Waals surface area contributed by atoms with Crippen LogP contribution in [0, 0.1) is 5.82 Å². The van der Waals surface area contributed by atoms with Gasteiger partial charge in [-0.2, -0.15) is 0 Å². The van der Waals surface area contributed by atoms with Gasteiger partial charge in [0.2, 0.25) is 0 Å². The van der Waals surface area contributed by atoms with Crippen molar-refractivity contribution in [1.82, 2.24) is 9.97 Å². The van der Waals surface area contributed by atoms with Crippen molar-refractivity contribution in [3.05, 3.63) is 45.8 Å². The van der Waals surface area contributed by atoms with Crippen LogP contribution in [-0.2, 0) is 0 Å². The Morgan fingerprint density at radius 2 is 2.10 bits per heavy atom. The van der Waals surface area contributed by atoms with Gasteiger partial charge in [-0.05, 0) is 34.1 Å². The van der Waals surface area contributed by atoms with Gasteiger partial charge >= 0.3 is 0 Å². The average molecular weight is 367 g/mol. The van der Waals surface area contributed by atoms with Gasteiger partial charge in [0.25, 0.3) is 5.91 Å². The molecule has 3 rings (SSSR count). The molecule has 106 valence electrons. The van der Waals surface area contributed by atoms with Crippen molar-refractivity contribution < 1.29 is 9.18 Å². The van der Waals surface area contributed by atoms with E-state index in [2.05, 4.69) is 31.2 Å². The van der Waals surface area contributed by atoms with Gasteiger partial charge in [-0.25, -0.2) is 14.4 Å². The van der Waals surface area contributed by atoms with E-state index < -0.39 is 5.82 Å². The van der Waals surface area contributed by atoms with Gasteiger partial charge in [0.1, 0.15) is 21.0 Å². The number of hydrogen-bond donors (Lipinski definition) is 2. The fourth-order valence-corrected chi connectivity index (χ4v) is 3.07. The number of benzene rings is 1. The predicted octanol–water partition coefficient (Wildman–Crippen LogP) is 3.43. The zero-order valence-electron chi connectivity index (χ0n) is 10.4. The molecule has 0 radical (unpaired) electrons. The molecule has 0 saturated carbocycles. The first kappa shape index (κ1) is 13.9. The quantitative estimate of drug-likeness (QED) is 0.727. The van der Waals surface area contributed by atoms with Crippen molar-refractivity contribution in [3.63, 3.8) is 0 Å². The van der Waals surface area contributed by atoms with Gasteiger partial charge < -0.3 is 11.1 Å². The Morgan fingerprint density at radius 3 is 2.81 bits per heavy atom. The molecule has 0 aliphatic rings. The summed E-state index contributed by atoms with van der Waals surface area (Å²) in [4.78, 5) is 21.4. The monoisotopic (exact) mass is 366 g/mol. The number of halogens is 2. The summed E-state index contributed by atoms with van der Waals surface area (Å²) in [5.74, 6) is -0.779. The Hall–Kier alpha value is -2.06. The Bertz CT molecular complexity index is 851. The standard InChI is InChI=1S/C13H8BrFN4OS/c14-7-5-6(1-2-8(7)15)19-12(20)11-9(16)10-13(21-11)18-4-3-17-10/h1-5H,16H2,(H,19,20). The summed E-state index contributed by atoms with van der Waals surface area (Å²) < 4.78 is 13.4. The molecule has 0 bridgehead atoms. The summed E-state index contributed by atoms with van der Waals surface area (Å²) in [6.07, 6.45) is 3.06. The number of nitrogens with one attached hydrogen (secondary N) is 1. The second-order valence-electron chi connectivity index (χ2n) is 4.14. The lowest BCUT2D eigenvalue weighted by molar-refractivity contribution is 0.103. The lowest BCUT2D eigenvalue weighted by Crippen LogP contribution is -2.12. The van der Waals surface area contributed by atoms with Crippen LogP contribution in [0.3, 0.4) is 0 Å². The molecule has 0 saturated heterocycles. The molecule has 0 aliphatic carbocycles. The molecule has 0 atom stereocenters. The maximum absolute atomic E-state index is 13.2. The number of nitrogens with two attached hydrogens (primary N) is 1. The number of fused-ring (bicyclic) bond motifs is 1. The molecule has 3 N–H and O–H groups in total. The fraction of sp³-hybridized carbons (Fsp3) is 0. The van der Waals surface area contributed by atoms with Crippen LogP contribution in [-0.4, -0.2) is 15.9 Å². The number of anilines is 2. The Balaban J connectivity index is 1.93. The number of hydrogen-bond acceptors (Lipinski definition) is 5. The summed E-state index contributed by atoms with van der Waals surface area (Å²) in [5, 5.41) is 2.67. The lowest BCUT2D eigenvalue weighted by atomic mass is 10.3. The molecule has 5 nitrogen and oxygen atoms in total. The summed E-state index contributed by atoms with van der Waals surface area (Å²) in [6.45, 7) is 0. The minimum atomic E-state index is -0.400. The minimum absolute atomic E-state index is 0.271. The van der Waals surface area contributed by atoms with Crippen LogP contribution >= 0.6 is 27.3 Å². The van der Waals surface area contributed by atoms with Crippen LogP contribution in [0.25, 0.3) is 10.3 Å². The van der Waals surface area contributed by atoms with E-state index in [-0.39, 0.29) is 10.4 Å². The summed E-state index contributed by atoms with van der Waals surface area (Å²) in [5.41, 5.74) is 7.19. The van der Waals surface area contributed by atoms with E-state index in [1.165, 1.54) is 30.6 Å². The van der Waals surface area contributed by atoms with Crippen LogP contribution in [0.15, 0.2) is 35.1 Å². The van der Waals surface area contributed by atoms with Crippen LogP contribution in [0.1, 0.15) is 9.67 Å². The molecule has 2 aromatic heterocycles. The van der Waals surface area contributed by atoms with Gasteiger partial charge in [0.05, 0.1) is 10.2 Å². The molecule has 21 heavy (non-hydrogen) atoms. The maximum atomic E-state index is 13.2. The number of amides is 1. The van der Waals surface area contributed by atoms with E-state index in [1.807, 2.05) is 0 Å². The Kier molecular flexibility index (Phi) is 3.56. The molecular weight excluding hydrogens is 359 g/mol. The van der Waals surface area contributed by atoms with E-state index in [9.17, 15) is 9.18 Å². The van der Waals surface area contributed by atoms with Crippen LogP contribution in [0.5, 0.6) is 0 Å². The molecule has 1 aromatic carbocycles. The third-order valence-electron chi connectivity index (χ3n) is 2.75. The highest BCUT2D eigenvalue weighted by Gasteiger charge is 2.18. The first-order valence-electron chi connectivity index (χ1n) is 5.81. The first-order chi connectivity index (χ1) is 10.1. The van der Waals surface area contributed by atoms with Gasteiger partial charge in [0, 0.05) is 18.1 Å². The van der Waals surface area contributed by atoms with E-state index in [1.54, 1.807) is 0 Å². The van der Waals surface area contributed by atoms with Gasteiger partial charge in [-0.1, -0.05) is 0 Å². The average Bonchev–Trinajstić information content (AvgIpc) is 2.81.